The van der Waals surface area contributed by atoms with Crippen molar-refractivity contribution < 1.29 is 9.84 Å². The maximum Gasteiger partial charge on any atom is 0.213 e. The molecule has 0 spiro atoms. The average Bonchev–Trinajstić information content (AvgIpc) is 2.17. The molecular weight excluding hydrogens is 154 g/mol. The number of methoxy groups -OCH3 is 1. The van der Waals surface area contributed by atoms with Gasteiger partial charge in [0.25, 0.3) is 0 Å². The van der Waals surface area contributed by atoms with Crippen molar-refractivity contribution in [3.05, 3.63) is 23.9 Å². The number of hydrogen-bond acceptors (Lipinski definition) is 3. The highest BCUT2D eigenvalue weighted by Crippen LogP contribution is 2.17. The standard InChI is InChI=1S/C9H13NO2/c1-7(6-11)8-3-4-10-9(5-8)12-2/h3-5,7,11H,6H2,1-2H3. The molecule has 0 aliphatic heterocycles. The molecule has 0 saturated heterocycles. The molecule has 0 bridgehead atoms. The molecule has 1 aromatic heterocycles. The summed E-state index contributed by atoms with van der Waals surface area (Å²) in [6.07, 6.45) is 1.68. The van der Waals surface area contributed by atoms with Crippen LogP contribution in [0.2, 0.25) is 0 Å². The summed E-state index contributed by atoms with van der Waals surface area (Å²) in [5.41, 5.74) is 1.05. The Labute approximate surface area is 72.0 Å². The van der Waals surface area contributed by atoms with E-state index in [0.717, 1.165) is 5.56 Å². The highest BCUT2D eigenvalue weighted by atomic mass is 16.5. The lowest BCUT2D eigenvalue weighted by Gasteiger charge is -2.08. The van der Waals surface area contributed by atoms with E-state index < -0.39 is 0 Å². The van der Waals surface area contributed by atoms with Gasteiger partial charge in [0.1, 0.15) is 0 Å². The summed E-state index contributed by atoms with van der Waals surface area (Å²) in [4.78, 5) is 3.97. The summed E-state index contributed by atoms with van der Waals surface area (Å²) in [7, 11) is 1.58. The third-order valence-corrected chi connectivity index (χ3v) is 1.81. The van der Waals surface area contributed by atoms with E-state index in [-0.39, 0.29) is 12.5 Å². The van der Waals surface area contributed by atoms with Gasteiger partial charge in [-0.1, -0.05) is 6.92 Å². The van der Waals surface area contributed by atoms with Crippen LogP contribution in [0.3, 0.4) is 0 Å². The van der Waals surface area contributed by atoms with E-state index in [2.05, 4.69) is 4.98 Å². The number of nitrogens with zero attached hydrogens (tertiary/aromatic N) is 1. The van der Waals surface area contributed by atoms with Crippen molar-refractivity contribution >= 4 is 0 Å². The zero-order valence-corrected chi connectivity index (χ0v) is 7.32. The van der Waals surface area contributed by atoms with E-state index in [1.807, 2.05) is 19.1 Å². The Morgan fingerprint density at radius 1 is 1.67 bits per heavy atom. The van der Waals surface area contributed by atoms with Gasteiger partial charge in [-0.05, 0) is 11.6 Å². The molecule has 1 aromatic rings. The highest BCUT2D eigenvalue weighted by Gasteiger charge is 2.04. The number of ether oxygens (including phenoxy) is 1. The largest absolute Gasteiger partial charge is 0.481 e. The number of aromatic nitrogens is 1. The first-order chi connectivity index (χ1) is 5.77. The molecule has 0 aliphatic carbocycles. The number of pyridine rings is 1. The minimum atomic E-state index is 0.141. The molecule has 0 fully saturated rings. The molecule has 1 heterocycles. The van der Waals surface area contributed by atoms with Crippen molar-refractivity contribution in [2.24, 2.45) is 0 Å². The van der Waals surface area contributed by atoms with Crippen molar-refractivity contribution in [1.82, 2.24) is 4.98 Å². The summed E-state index contributed by atoms with van der Waals surface area (Å²) in [6, 6.07) is 3.71. The maximum absolute atomic E-state index is 8.89. The summed E-state index contributed by atoms with van der Waals surface area (Å²) < 4.78 is 4.96. The molecule has 3 heteroatoms. The van der Waals surface area contributed by atoms with Gasteiger partial charge in [0, 0.05) is 24.8 Å². The lowest BCUT2D eigenvalue weighted by atomic mass is 10.0. The van der Waals surface area contributed by atoms with Crippen LogP contribution in [0, 0.1) is 0 Å². The van der Waals surface area contributed by atoms with Gasteiger partial charge in [-0.25, -0.2) is 4.98 Å². The van der Waals surface area contributed by atoms with Gasteiger partial charge in [-0.15, -0.1) is 0 Å². The van der Waals surface area contributed by atoms with Crippen LogP contribution in [0.5, 0.6) is 5.88 Å². The Kier molecular flexibility index (Phi) is 3.05. The molecule has 66 valence electrons. The molecule has 1 atom stereocenters. The molecule has 1 rings (SSSR count). The summed E-state index contributed by atoms with van der Waals surface area (Å²) >= 11 is 0. The molecular formula is C9H13NO2. The fourth-order valence-corrected chi connectivity index (χ4v) is 0.948. The smallest absolute Gasteiger partial charge is 0.213 e. The fourth-order valence-electron chi connectivity index (χ4n) is 0.948. The predicted molar refractivity (Wildman–Crippen MR) is 46.3 cm³/mol. The van der Waals surface area contributed by atoms with Crippen molar-refractivity contribution in [2.45, 2.75) is 12.8 Å². The zero-order chi connectivity index (χ0) is 8.97. The minimum Gasteiger partial charge on any atom is -0.481 e. The van der Waals surface area contributed by atoms with Gasteiger partial charge in [-0.3, -0.25) is 0 Å². The molecule has 0 aromatic carbocycles. The van der Waals surface area contributed by atoms with Crippen LogP contribution in [0.25, 0.3) is 0 Å². The third-order valence-electron chi connectivity index (χ3n) is 1.81. The number of hydrogen-bond donors (Lipinski definition) is 1. The van der Waals surface area contributed by atoms with E-state index in [1.54, 1.807) is 13.3 Å². The lowest BCUT2D eigenvalue weighted by Crippen LogP contribution is -1.99. The second kappa shape index (κ2) is 4.07. The zero-order valence-electron chi connectivity index (χ0n) is 7.32. The van der Waals surface area contributed by atoms with Crippen LogP contribution in [0.1, 0.15) is 18.4 Å². The molecule has 1 N–H and O–H groups in total. The van der Waals surface area contributed by atoms with Gasteiger partial charge in [0.15, 0.2) is 0 Å². The third kappa shape index (κ3) is 1.95. The fraction of sp³-hybridized carbons (Fsp3) is 0.444. The molecule has 1 unspecified atom stereocenters. The lowest BCUT2D eigenvalue weighted by molar-refractivity contribution is 0.272. The van der Waals surface area contributed by atoms with E-state index in [4.69, 9.17) is 9.84 Å². The normalized spacial score (nSPS) is 12.6. The van der Waals surface area contributed by atoms with Crippen molar-refractivity contribution in [1.29, 1.82) is 0 Å². The van der Waals surface area contributed by atoms with Crippen molar-refractivity contribution in [3.8, 4) is 5.88 Å². The van der Waals surface area contributed by atoms with E-state index in [0.29, 0.717) is 5.88 Å². The number of aliphatic hydroxyl groups excluding tert-OH is 1. The van der Waals surface area contributed by atoms with Gasteiger partial charge in [0.2, 0.25) is 5.88 Å². The summed E-state index contributed by atoms with van der Waals surface area (Å²) in [5.74, 6) is 0.731. The van der Waals surface area contributed by atoms with Gasteiger partial charge >= 0.3 is 0 Å². The monoisotopic (exact) mass is 167 g/mol. The Hall–Kier alpha value is -1.09. The highest BCUT2D eigenvalue weighted by molar-refractivity contribution is 5.23. The first-order valence-corrected chi connectivity index (χ1v) is 3.88. The van der Waals surface area contributed by atoms with Crippen molar-refractivity contribution in [2.75, 3.05) is 13.7 Å². The Morgan fingerprint density at radius 2 is 2.42 bits per heavy atom. The van der Waals surface area contributed by atoms with E-state index >= 15 is 0 Å². The van der Waals surface area contributed by atoms with E-state index in [1.165, 1.54) is 0 Å². The molecule has 3 nitrogen and oxygen atoms in total. The quantitative estimate of drug-likeness (QED) is 0.735. The van der Waals surface area contributed by atoms with Gasteiger partial charge < -0.3 is 9.84 Å². The molecule has 12 heavy (non-hydrogen) atoms. The predicted octanol–water partition coefficient (Wildman–Crippen LogP) is 1.19. The number of aliphatic hydroxyl groups is 1. The van der Waals surface area contributed by atoms with Crippen LogP contribution in [0.15, 0.2) is 18.3 Å². The van der Waals surface area contributed by atoms with Gasteiger partial charge in [0.05, 0.1) is 7.11 Å². The average molecular weight is 167 g/mol. The minimum absolute atomic E-state index is 0.141. The molecule has 0 radical (unpaired) electrons. The SMILES string of the molecule is COc1cc(C(C)CO)ccn1. The Bertz CT molecular complexity index is 250. The van der Waals surface area contributed by atoms with Crippen LogP contribution in [-0.4, -0.2) is 23.8 Å². The summed E-state index contributed by atoms with van der Waals surface area (Å²) in [6.45, 7) is 2.10. The second-order valence-corrected chi connectivity index (χ2v) is 2.72. The van der Waals surface area contributed by atoms with Crippen LogP contribution >= 0.6 is 0 Å². The second-order valence-electron chi connectivity index (χ2n) is 2.72. The Balaban J connectivity index is 2.86. The Morgan fingerprint density at radius 3 is 3.00 bits per heavy atom. The van der Waals surface area contributed by atoms with Crippen LogP contribution in [-0.2, 0) is 0 Å². The van der Waals surface area contributed by atoms with Crippen molar-refractivity contribution in [3.63, 3.8) is 0 Å². The summed E-state index contributed by atoms with van der Waals surface area (Å²) in [5, 5.41) is 8.89. The molecule has 0 amide bonds. The van der Waals surface area contributed by atoms with Crippen LogP contribution in [0.4, 0.5) is 0 Å². The topological polar surface area (TPSA) is 42.4 Å². The van der Waals surface area contributed by atoms with Crippen LogP contribution < -0.4 is 4.74 Å². The maximum atomic E-state index is 8.89. The number of rotatable bonds is 3. The molecule has 0 aliphatic rings. The first kappa shape index (κ1) is 9.00. The molecule has 0 saturated carbocycles. The first-order valence-electron chi connectivity index (χ1n) is 3.88. The van der Waals surface area contributed by atoms with E-state index in [9.17, 15) is 0 Å². The van der Waals surface area contributed by atoms with Gasteiger partial charge in [-0.2, -0.15) is 0 Å².